The molecule has 2 N–H and O–H groups in total. The maximum atomic E-state index is 12.0. The van der Waals surface area contributed by atoms with Crippen LogP contribution in [-0.4, -0.2) is 44.0 Å². The Hall–Kier alpha value is 0.210. The van der Waals surface area contributed by atoms with Crippen molar-refractivity contribution in [2.75, 3.05) is 31.6 Å². The standard InChI is InChI=1S/C10H21F2N3S.HI/c1-3-13-10(15-8-9(11)12)14-6-4-5-7-16-2;/h9H,3-8H2,1-2H3,(H2,13,14,15);1H. The summed E-state index contributed by atoms with van der Waals surface area (Å²) in [4.78, 5) is 3.77. The lowest BCUT2D eigenvalue weighted by molar-refractivity contribution is 0.158. The number of guanidine groups is 1. The van der Waals surface area contributed by atoms with Crippen LogP contribution in [0.15, 0.2) is 4.99 Å². The number of unbranched alkanes of at least 4 members (excludes halogenated alkanes) is 1. The Kier molecular flexibility index (Phi) is 16.4. The molecule has 0 fully saturated rings. The van der Waals surface area contributed by atoms with Gasteiger partial charge in [-0.3, -0.25) is 0 Å². The fraction of sp³-hybridized carbons (Fsp3) is 0.900. The van der Waals surface area contributed by atoms with Gasteiger partial charge in [0.15, 0.2) is 5.96 Å². The quantitative estimate of drug-likeness (QED) is 0.294. The van der Waals surface area contributed by atoms with Gasteiger partial charge in [-0.05, 0) is 31.8 Å². The highest BCUT2D eigenvalue weighted by Gasteiger charge is 2.01. The Bertz CT molecular complexity index is 194. The lowest BCUT2D eigenvalue weighted by Crippen LogP contribution is -2.38. The maximum absolute atomic E-state index is 12.0. The number of hydrogen-bond donors (Lipinski definition) is 2. The van der Waals surface area contributed by atoms with Crippen molar-refractivity contribution in [1.82, 2.24) is 10.6 Å². The van der Waals surface area contributed by atoms with Crippen LogP contribution in [0.2, 0.25) is 0 Å². The van der Waals surface area contributed by atoms with E-state index in [-0.39, 0.29) is 24.0 Å². The lowest BCUT2D eigenvalue weighted by atomic mass is 10.3. The summed E-state index contributed by atoms with van der Waals surface area (Å²) in [5.41, 5.74) is 0. The summed E-state index contributed by atoms with van der Waals surface area (Å²) in [6.45, 7) is 2.92. The molecule has 0 aliphatic heterocycles. The summed E-state index contributed by atoms with van der Waals surface area (Å²) in [5.74, 6) is 1.61. The van der Waals surface area contributed by atoms with Crippen LogP contribution in [0.25, 0.3) is 0 Å². The summed E-state index contributed by atoms with van der Waals surface area (Å²) < 4.78 is 23.9. The Balaban J connectivity index is 0. The van der Waals surface area contributed by atoms with Crippen LogP contribution in [-0.2, 0) is 0 Å². The number of aliphatic imine (C=N–C) groups is 1. The van der Waals surface area contributed by atoms with Crippen molar-refractivity contribution >= 4 is 41.7 Å². The van der Waals surface area contributed by atoms with E-state index in [0.29, 0.717) is 12.5 Å². The molecule has 3 nitrogen and oxygen atoms in total. The lowest BCUT2D eigenvalue weighted by Gasteiger charge is -2.10. The summed E-state index contributed by atoms with van der Waals surface area (Å²) in [6.07, 6.45) is 1.84. The second-order valence-electron chi connectivity index (χ2n) is 3.24. The third-order valence-corrected chi connectivity index (χ3v) is 2.50. The molecule has 0 aromatic rings. The minimum atomic E-state index is -2.38. The second kappa shape index (κ2) is 14.3. The Labute approximate surface area is 124 Å². The highest BCUT2D eigenvalue weighted by atomic mass is 127. The van der Waals surface area contributed by atoms with Gasteiger partial charge in [-0.2, -0.15) is 11.8 Å². The molecule has 0 aliphatic rings. The smallest absolute Gasteiger partial charge is 0.257 e. The third-order valence-electron chi connectivity index (χ3n) is 1.80. The monoisotopic (exact) mass is 381 g/mol. The number of hydrogen-bond acceptors (Lipinski definition) is 2. The summed E-state index contributed by atoms with van der Waals surface area (Å²) in [6, 6.07) is 0. The predicted octanol–water partition coefficient (Wildman–Crippen LogP) is 2.57. The van der Waals surface area contributed by atoms with Crippen LogP contribution in [0, 0.1) is 0 Å². The van der Waals surface area contributed by atoms with Crippen LogP contribution in [0.5, 0.6) is 0 Å². The molecule has 0 heterocycles. The van der Waals surface area contributed by atoms with Gasteiger partial charge < -0.3 is 10.6 Å². The van der Waals surface area contributed by atoms with E-state index in [1.165, 1.54) is 0 Å². The molecule has 0 unspecified atom stereocenters. The number of halogens is 3. The van der Waals surface area contributed by atoms with Crippen molar-refractivity contribution in [2.24, 2.45) is 4.99 Å². The first kappa shape index (κ1) is 19.5. The van der Waals surface area contributed by atoms with Gasteiger partial charge in [0.05, 0.1) is 0 Å². The van der Waals surface area contributed by atoms with Gasteiger partial charge in [0.2, 0.25) is 0 Å². The average molecular weight is 381 g/mol. The van der Waals surface area contributed by atoms with Crippen LogP contribution in [0.3, 0.4) is 0 Å². The first-order chi connectivity index (χ1) is 7.70. The first-order valence-electron chi connectivity index (χ1n) is 5.50. The molecular weight excluding hydrogens is 359 g/mol. The zero-order chi connectivity index (χ0) is 12.2. The Morgan fingerprint density at radius 2 is 2.00 bits per heavy atom. The highest BCUT2D eigenvalue weighted by molar-refractivity contribution is 14.0. The molecule has 7 heteroatoms. The molecular formula is C10H22F2IN3S. The fourth-order valence-electron chi connectivity index (χ4n) is 1.08. The van der Waals surface area contributed by atoms with Gasteiger partial charge in [-0.25, -0.2) is 13.8 Å². The summed E-state index contributed by atoms with van der Waals surface area (Å²) >= 11 is 1.81. The molecule has 0 radical (unpaired) electrons. The summed E-state index contributed by atoms with van der Waals surface area (Å²) in [5, 5.41) is 5.96. The van der Waals surface area contributed by atoms with Crippen LogP contribution in [0.1, 0.15) is 19.8 Å². The fourth-order valence-corrected chi connectivity index (χ4v) is 1.57. The number of thioether (sulfide) groups is 1. The minimum absolute atomic E-state index is 0. The van der Waals surface area contributed by atoms with Crippen LogP contribution in [0.4, 0.5) is 8.78 Å². The predicted molar refractivity (Wildman–Crippen MR) is 83.0 cm³/mol. The zero-order valence-electron chi connectivity index (χ0n) is 10.3. The van der Waals surface area contributed by atoms with E-state index in [9.17, 15) is 8.78 Å². The molecule has 0 aliphatic carbocycles. The number of nitrogens with one attached hydrogen (secondary N) is 2. The van der Waals surface area contributed by atoms with Gasteiger partial charge in [0, 0.05) is 13.1 Å². The van der Waals surface area contributed by atoms with Gasteiger partial charge >= 0.3 is 0 Å². The zero-order valence-corrected chi connectivity index (χ0v) is 13.5. The maximum Gasteiger partial charge on any atom is 0.257 e. The molecule has 0 bridgehead atoms. The van der Waals surface area contributed by atoms with E-state index < -0.39 is 13.0 Å². The van der Waals surface area contributed by atoms with E-state index in [1.54, 1.807) is 0 Å². The molecule has 17 heavy (non-hydrogen) atoms. The Morgan fingerprint density at radius 1 is 1.29 bits per heavy atom. The summed E-state index contributed by atoms with van der Waals surface area (Å²) in [7, 11) is 0. The molecule has 0 rings (SSSR count). The van der Waals surface area contributed by atoms with E-state index >= 15 is 0 Å². The SMILES string of the molecule is CCNC(=NCC(F)F)NCCCCSC.I. The van der Waals surface area contributed by atoms with Crippen molar-refractivity contribution < 1.29 is 8.78 Å². The van der Waals surface area contributed by atoms with Crippen molar-refractivity contribution in [3.05, 3.63) is 0 Å². The molecule has 0 aromatic heterocycles. The topological polar surface area (TPSA) is 36.4 Å². The van der Waals surface area contributed by atoms with Crippen molar-refractivity contribution in [2.45, 2.75) is 26.2 Å². The molecule has 0 amide bonds. The van der Waals surface area contributed by atoms with E-state index in [2.05, 4.69) is 21.9 Å². The van der Waals surface area contributed by atoms with Crippen molar-refractivity contribution in [3.8, 4) is 0 Å². The van der Waals surface area contributed by atoms with Crippen LogP contribution >= 0.6 is 35.7 Å². The molecule has 0 aromatic carbocycles. The van der Waals surface area contributed by atoms with E-state index in [0.717, 1.165) is 25.1 Å². The molecule has 0 atom stereocenters. The number of rotatable bonds is 8. The van der Waals surface area contributed by atoms with Gasteiger partial charge in [0.25, 0.3) is 6.43 Å². The molecule has 0 saturated heterocycles. The van der Waals surface area contributed by atoms with Gasteiger partial charge in [-0.1, -0.05) is 0 Å². The second-order valence-corrected chi connectivity index (χ2v) is 4.22. The van der Waals surface area contributed by atoms with Crippen molar-refractivity contribution in [3.63, 3.8) is 0 Å². The third kappa shape index (κ3) is 14.1. The Morgan fingerprint density at radius 3 is 2.53 bits per heavy atom. The van der Waals surface area contributed by atoms with E-state index in [4.69, 9.17) is 0 Å². The van der Waals surface area contributed by atoms with Crippen LogP contribution < -0.4 is 10.6 Å². The first-order valence-corrected chi connectivity index (χ1v) is 6.89. The largest absolute Gasteiger partial charge is 0.357 e. The minimum Gasteiger partial charge on any atom is -0.357 e. The molecule has 104 valence electrons. The highest BCUT2D eigenvalue weighted by Crippen LogP contribution is 1.97. The average Bonchev–Trinajstić information content (AvgIpc) is 2.25. The van der Waals surface area contributed by atoms with Crippen molar-refractivity contribution in [1.29, 1.82) is 0 Å². The van der Waals surface area contributed by atoms with Gasteiger partial charge in [-0.15, -0.1) is 24.0 Å². The number of alkyl halides is 2. The molecule has 0 saturated carbocycles. The number of nitrogens with zero attached hydrogens (tertiary/aromatic N) is 1. The van der Waals surface area contributed by atoms with Gasteiger partial charge in [0.1, 0.15) is 6.54 Å². The normalized spacial score (nSPS) is 11.2. The molecule has 0 spiro atoms. The van der Waals surface area contributed by atoms with E-state index in [1.807, 2.05) is 18.7 Å².